The molecule has 23 heavy (non-hydrogen) atoms. The number of hydrogen-bond donors (Lipinski definition) is 0. The van der Waals surface area contributed by atoms with Crippen molar-refractivity contribution in [1.29, 1.82) is 5.26 Å². The number of pyridine rings is 1. The molecule has 0 amide bonds. The van der Waals surface area contributed by atoms with Gasteiger partial charge in [0.05, 0.1) is 25.5 Å². The lowest BCUT2D eigenvalue weighted by atomic mass is 10.1. The number of rotatable bonds is 4. The fourth-order valence-electron chi connectivity index (χ4n) is 2.46. The Kier molecular flexibility index (Phi) is 4.40. The zero-order chi connectivity index (χ0) is 16.2. The third-order valence-corrected chi connectivity index (χ3v) is 4.61. The highest BCUT2D eigenvalue weighted by molar-refractivity contribution is 8.02. The Morgan fingerprint density at radius 1 is 1.17 bits per heavy atom. The van der Waals surface area contributed by atoms with Gasteiger partial charge in [-0.25, -0.2) is 0 Å². The number of benzene rings is 1. The number of aromatic nitrogens is 1. The van der Waals surface area contributed by atoms with Gasteiger partial charge in [0, 0.05) is 30.7 Å². The van der Waals surface area contributed by atoms with Gasteiger partial charge in [0.25, 0.3) is 0 Å². The van der Waals surface area contributed by atoms with Crippen LogP contribution in [0.3, 0.4) is 0 Å². The van der Waals surface area contributed by atoms with Gasteiger partial charge in [0.1, 0.15) is 11.4 Å². The molecule has 1 atom stereocenters. The summed E-state index contributed by atoms with van der Waals surface area (Å²) >= 11 is 1.68. The molecule has 5 nitrogen and oxygen atoms in total. The fraction of sp³-hybridized carbons (Fsp3) is 0.176. The number of anilines is 1. The molecule has 1 aromatic heterocycles. The first-order chi connectivity index (χ1) is 11.3. The molecule has 6 heteroatoms. The van der Waals surface area contributed by atoms with Gasteiger partial charge >= 0.3 is 0 Å². The maximum absolute atomic E-state index is 9.51. The van der Waals surface area contributed by atoms with E-state index in [9.17, 15) is 5.26 Å². The number of thioether (sulfide) groups is 1. The summed E-state index contributed by atoms with van der Waals surface area (Å²) in [5.74, 6) is 1.14. The SMILES string of the molecule is COc1cc(C#N)c(N2C=CSC2c2ccncc2)cc1OC. The summed E-state index contributed by atoms with van der Waals surface area (Å²) in [6.45, 7) is 0. The minimum Gasteiger partial charge on any atom is -0.493 e. The molecule has 2 heterocycles. The lowest BCUT2D eigenvalue weighted by molar-refractivity contribution is 0.355. The van der Waals surface area contributed by atoms with Crippen LogP contribution in [0, 0.1) is 11.3 Å². The Bertz CT molecular complexity index is 771. The van der Waals surface area contributed by atoms with E-state index in [0.717, 1.165) is 11.3 Å². The molecule has 1 aromatic carbocycles. The average Bonchev–Trinajstić information content (AvgIpc) is 3.10. The van der Waals surface area contributed by atoms with Crippen LogP contribution in [0.5, 0.6) is 11.5 Å². The minimum absolute atomic E-state index is 0.0585. The number of hydrogen-bond acceptors (Lipinski definition) is 6. The second kappa shape index (κ2) is 6.63. The largest absolute Gasteiger partial charge is 0.493 e. The molecule has 0 bridgehead atoms. The molecule has 0 saturated heterocycles. The molecule has 1 aliphatic rings. The van der Waals surface area contributed by atoms with Crippen molar-refractivity contribution in [3.05, 3.63) is 59.4 Å². The predicted octanol–water partition coefficient (Wildman–Crippen LogP) is 3.69. The van der Waals surface area contributed by atoms with E-state index in [1.54, 1.807) is 44.4 Å². The summed E-state index contributed by atoms with van der Waals surface area (Å²) < 4.78 is 10.7. The summed E-state index contributed by atoms with van der Waals surface area (Å²) in [5.41, 5.74) is 2.44. The van der Waals surface area contributed by atoms with Crippen LogP contribution in [0.25, 0.3) is 0 Å². The monoisotopic (exact) mass is 325 g/mol. The average molecular weight is 325 g/mol. The molecule has 0 saturated carbocycles. The van der Waals surface area contributed by atoms with Gasteiger partial charge < -0.3 is 14.4 Å². The summed E-state index contributed by atoms with van der Waals surface area (Å²) in [5, 5.41) is 11.6. The molecule has 0 fully saturated rings. The summed E-state index contributed by atoms with van der Waals surface area (Å²) in [6, 6.07) is 9.73. The van der Waals surface area contributed by atoms with Gasteiger partial charge in [-0.15, -0.1) is 11.8 Å². The standard InChI is InChI=1S/C17H15N3O2S/c1-21-15-9-13(11-18)14(10-16(15)22-2)20-7-8-23-17(20)12-3-5-19-6-4-12/h3-10,17H,1-2H3. The van der Waals surface area contributed by atoms with Crippen molar-refractivity contribution in [2.45, 2.75) is 5.37 Å². The molecule has 1 aliphatic heterocycles. The number of methoxy groups -OCH3 is 2. The molecular formula is C17H15N3O2S. The van der Waals surface area contributed by atoms with E-state index >= 15 is 0 Å². The zero-order valence-electron chi connectivity index (χ0n) is 12.8. The van der Waals surface area contributed by atoms with Crippen molar-refractivity contribution in [3.63, 3.8) is 0 Å². The highest BCUT2D eigenvalue weighted by Gasteiger charge is 2.26. The van der Waals surface area contributed by atoms with Crippen molar-refractivity contribution >= 4 is 17.4 Å². The second-order valence-electron chi connectivity index (χ2n) is 4.80. The summed E-state index contributed by atoms with van der Waals surface area (Å²) in [7, 11) is 3.15. The number of nitrogens with zero attached hydrogens (tertiary/aromatic N) is 3. The van der Waals surface area contributed by atoms with Gasteiger partial charge in [-0.3, -0.25) is 4.98 Å². The summed E-state index contributed by atoms with van der Waals surface area (Å²) in [4.78, 5) is 6.12. The van der Waals surface area contributed by atoms with Crippen LogP contribution < -0.4 is 14.4 Å². The zero-order valence-corrected chi connectivity index (χ0v) is 13.6. The minimum atomic E-state index is 0.0585. The van der Waals surface area contributed by atoms with Gasteiger partial charge in [0.2, 0.25) is 0 Å². The van der Waals surface area contributed by atoms with Crippen LogP contribution in [-0.2, 0) is 0 Å². The van der Waals surface area contributed by atoms with Crippen molar-refractivity contribution in [1.82, 2.24) is 4.98 Å². The van der Waals surface area contributed by atoms with Crippen LogP contribution in [0.2, 0.25) is 0 Å². The molecule has 2 aromatic rings. The third kappa shape index (κ3) is 2.83. The molecule has 3 rings (SSSR count). The maximum atomic E-state index is 9.51. The third-order valence-electron chi connectivity index (χ3n) is 3.57. The van der Waals surface area contributed by atoms with E-state index in [-0.39, 0.29) is 5.37 Å². The van der Waals surface area contributed by atoms with Crippen molar-refractivity contribution < 1.29 is 9.47 Å². The van der Waals surface area contributed by atoms with Gasteiger partial charge in [0.15, 0.2) is 11.5 Å². The molecular weight excluding hydrogens is 310 g/mol. The Hall–Kier alpha value is -2.65. The lowest BCUT2D eigenvalue weighted by Crippen LogP contribution is -2.18. The fourth-order valence-corrected chi connectivity index (χ4v) is 3.44. The smallest absolute Gasteiger partial charge is 0.162 e. The van der Waals surface area contributed by atoms with Gasteiger partial charge in [-0.05, 0) is 23.1 Å². The first-order valence-corrected chi connectivity index (χ1v) is 7.89. The molecule has 116 valence electrons. The van der Waals surface area contributed by atoms with Crippen LogP contribution in [-0.4, -0.2) is 19.2 Å². The van der Waals surface area contributed by atoms with E-state index in [2.05, 4.69) is 16.0 Å². The second-order valence-corrected chi connectivity index (χ2v) is 5.79. The first-order valence-electron chi connectivity index (χ1n) is 6.95. The molecule has 0 aliphatic carbocycles. The van der Waals surface area contributed by atoms with Crippen molar-refractivity contribution in [3.8, 4) is 17.6 Å². The van der Waals surface area contributed by atoms with Gasteiger partial charge in [-0.2, -0.15) is 5.26 Å². The quantitative estimate of drug-likeness (QED) is 0.854. The Balaban J connectivity index is 2.06. The Morgan fingerprint density at radius 3 is 2.52 bits per heavy atom. The van der Waals surface area contributed by atoms with Crippen molar-refractivity contribution in [2.24, 2.45) is 0 Å². The van der Waals surface area contributed by atoms with E-state index in [0.29, 0.717) is 17.1 Å². The highest BCUT2D eigenvalue weighted by Crippen LogP contribution is 2.45. The number of nitriles is 1. The maximum Gasteiger partial charge on any atom is 0.162 e. The van der Waals surface area contributed by atoms with E-state index in [4.69, 9.17) is 9.47 Å². The number of ether oxygens (including phenoxy) is 2. The Morgan fingerprint density at radius 2 is 1.87 bits per heavy atom. The highest BCUT2D eigenvalue weighted by atomic mass is 32.2. The lowest BCUT2D eigenvalue weighted by Gasteiger charge is -2.26. The van der Waals surface area contributed by atoms with E-state index < -0.39 is 0 Å². The molecule has 0 spiro atoms. The molecule has 0 radical (unpaired) electrons. The van der Waals surface area contributed by atoms with Crippen LogP contribution in [0.15, 0.2) is 48.3 Å². The van der Waals surface area contributed by atoms with Crippen LogP contribution in [0.4, 0.5) is 5.69 Å². The van der Waals surface area contributed by atoms with Gasteiger partial charge in [-0.1, -0.05) is 0 Å². The van der Waals surface area contributed by atoms with Crippen molar-refractivity contribution in [2.75, 3.05) is 19.1 Å². The first kappa shape index (κ1) is 15.3. The normalized spacial score (nSPS) is 16.2. The topological polar surface area (TPSA) is 58.4 Å². The predicted molar refractivity (Wildman–Crippen MR) is 90.4 cm³/mol. The van der Waals surface area contributed by atoms with Crippen LogP contribution >= 0.6 is 11.8 Å². The molecule has 0 N–H and O–H groups in total. The van der Waals surface area contributed by atoms with E-state index in [1.807, 2.05) is 29.8 Å². The van der Waals surface area contributed by atoms with Crippen LogP contribution in [0.1, 0.15) is 16.5 Å². The molecule has 1 unspecified atom stereocenters. The Labute approximate surface area is 139 Å². The summed E-state index contributed by atoms with van der Waals surface area (Å²) in [6.07, 6.45) is 5.51. The van der Waals surface area contributed by atoms with E-state index in [1.165, 1.54) is 0 Å².